The number of hydrogen-bond acceptors (Lipinski definition) is 2. The van der Waals surface area contributed by atoms with Crippen molar-refractivity contribution in [1.29, 1.82) is 0 Å². The van der Waals surface area contributed by atoms with Gasteiger partial charge >= 0.3 is 0 Å². The third-order valence-electron chi connectivity index (χ3n) is 3.96. The Morgan fingerprint density at radius 2 is 1.96 bits per heavy atom. The predicted molar refractivity (Wildman–Crippen MR) is 94.5 cm³/mol. The molecule has 0 saturated heterocycles. The molecule has 1 aliphatic rings. The fourth-order valence-electron chi connectivity index (χ4n) is 2.90. The second-order valence-electron chi connectivity index (χ2n) is 5.60. The Morgan fingerprint density at radius 3 is 2.74 bits per heavy atom. The molecule has 0 aromatic heterocycles. The fourth-order valence-corrected chi connectivity index (χ4v) is 2.90. The van der Waals surface area contributed by atoms with Gasteiger partial charge < -0.3 is 10.1 Å². The van der Waals surface area contributed by atoms with Gasteiger partial charge in [-0.25, -0.2) is 0 Å². The van der Waals surface area contributed by atoms with E-state index in [0.29, 0.717) is 12.2 Å². The first kappa shape index (κ1) is 15.3. The lowest BCUT2D eigenvalue weighted by atomic mass is 9.98. The van der Waals surface area contributed by atoms with E-state index < -0.39 is 0 Å². The van der Waals surface area contributed by atoms with Crippen LogP contribution in [0.5, 0.6) is 5.75 Å². The van der Waals surface area contributed by atoms with Crippen LogP contribution in [-0.2, 0) is 11.2 Å². The van der Waals surface area contributed by atoms with Gasteiger partial charge in [-0.3, -0.25) is 4.79 Å². The number of fused-ring (bicyclic) bond motifs is 1. The largest absolute Gasteiger partial charge is 0.494 e. The summed E-state index contributed by atoms with van der Waals surface area (Å²) in [5.41, 5.74) is 4.85. The van der Waals surface area contributed by atoms with E-state index in [-0.39, 0.29) is 5.91 Å². The van der Waals surface area contributed by atoms with Crippen LogP contribution in [0.3, 0.4) is 0 Å². The Labute approximate surface area is 137 Å². The maximum absolute atomic E-state index is 12.4. The van der Waals surface area contributed by atoms with Crippen molar-refractivity contribution < 1.29 is 9.53 Å². The molecule has 0 bridgehead atoms. The smallest absolute Gasteiger partial charge is 0.256 e. The van der Waals surface area contributed by atoms with Crippen molar-refractivity contribution in [2.24, 2.45) is 0 Å². The summed E-state index contributed by atoms with van der Waals surface area (Å²) >= 11 is 0. The molecule has 23 heavy (non-hydrogen) atoms. The number of hydrogen-bond donors (Lipinski definition) is 1. The average molecular weight is 307 g/mol. The van der Waals surface area contributed by atoms with Crippen LogP contribution in [-0.4, -0.2) is 12.5 Å². The third kappa shape index (κ3) is 3.14. The first-order chi connectivity index (χ1) is 11.2. The molecule has 0 atom stereocenters. The van der Waals surface area contributed by atoms with Gasteiger partial charge in [-0.05, 0) is 42.7 Å². The zero-order chi connectivity index (χ0) is 16.2. The zero-order valence-corrected chi connectivity index (χ0v) is 13.6. The fraction of sp³-hybridized carbons (Fsp3) is 0.250. The molecule has 0 fully saturated rings. The van der Waals surface area contributed by atoms with Crippen LogP contribution >= 0.6 is 0 Å². The van der Waals surface area contributed by atoms with Crippen LogP contribution < -0.4 is 10.1 Å². The van der Waals surface area contributed by atoms with E-state index in [4.69, 9.17) is 4.74 Å². The van der Waals surface area contributed by atoms with Crippen LogP contribution in [0.4, 0.5) is 5.69 Å². The number of carbonyl (C=O) groups is 1. The predicted octanol–water partition coefficient (Wildman–Crippen LogP) is 4.53. The van der Waals surface area contributed by atoms with Gasteiger partial charge in [0.1, 0.15) is 5.75 Å². The Bertz CT molecular complexity index is 762. The SMILES string of the molecule is CCCc1ccccc1C=C1C(=O)Nc2cc(OCC)ccc21. The molecule has 0 radical (unpaired) electrons. The normalized spacial score (nSPS) is 14.7. The second-order valence-corrected chi connectivity index (χ2v) is 5.60. The number of amides is 1. The minimum atomic E-state index is -0.0556. The molecule has 3 nitrogen and oxygen atoms in total. The van der Waals surface area contributed by atoms with Crippen LogP contribution in [0.1, 0.15) is 37.0 Å². The molecule has 1 amide bonds. The van der Waals surface area contributed by atoms with E-state index in [1.165, 1.54) is 5.56 Å². The summed E-state index contributed by atoms with van der Waals surface area (Å²) in [5, 5.41) is 2.93. The zero-order valence-electron chi connectivity index (χ0n) is 13.6. The highest BCUT2D eigenvalue weighted by Gasteiger charge is 2.24. The minimum absolute atomic E-state index is 0.0556. The minimum Gasteiger partial charge on any atom is -0.494 e. The van der Waals surface area contributed by atoms with E-state index in [2.05, 4.69) is 24.4 Å². The topological polar surface area (TPSA) is 38.3 Å². The van der Waals surface area contributed by atoms with Crippen molar-refractivity contribution in [2.45, 2.75) is 26.7 Å². The van der Waals surface area contributed by atoms with Gasteiger partial charge in [-0.15, -0.1) is 0 Å². The number of carbonyl (C=O) groups excluding carboxylic acids is 1. The maximum Gasteiger partial charge on any atom is 0.256 e. The van der Waals surface area contributed by atoms with E-state index in [1.54, 1.807) is 0 Å². The number of ether oxygens (including phenoxy) is 1. The van der Waals surface area contributed by atoms with Gasteiger partial charge in [-0.1, -0.05) is 37.6 Å². The molecule has 1 heterocycles. The highest BCUT2D eigenvalue weighted by atomic mass is 16.5. The maximum atomic E-state index is 12.4. The summed E-state index contributed by atoms with van der Waals surface area (Å²) in [7, 11) is 0. The Hall–Kier alpha value is -2.55. The standard InChI is InChI=1S/C20H21NO2/c1-3-7-14-8-5-6-9-15(14)12-18-17-11-10-16(23-4-2)13-19(17)21-20(18)22/h5-6,8-13H,3-4,7H2,1-2H3,(H,21,22). The molecule has 0 saturated carbocycles. The van der Waals surface area contributed by atoms with Gasteiger partial charge in [0, 0.05) is 17.2 Å². The number of aryl methyl sites for hydroxylation is 1. The first-order valence-electron chi connectivity index (χ1n) is 8.11. The molecule has 2 aromatic carbocycles. The molecular weight excluding hydrogens is 286 g/mol. The van der Waals surface area contributed by atoms with Crippen molar-refractivity contribution in [3.05, 3.63) is 59.2 Å². The van der Waals surface area contributed by atoms with Crippen LogP contribution in [0.2, 0.25) is 0 Å². The van der Waals surface area contributed by atoms with E-state index in [1.807, 2.05) is 43.3 Å². The highest BCUT2D eigenvalue weighted by Crippen LogP contribution is 2.36. The van der Waals surface area contributed by atoms with Gasteiger partial charge in [0.25, 0.3) is 5.91 Å². The Balaban J connectivity index is 2.00. The lowest BCUT2D eigenvalue weighted by Gasteiger charge is -2.06. The number of nitrogens with one attached hydrogen (secondary N) is 1. The molecule has 118 valence electrons. The van der Waals surface area contributed by atoms with Crippen LogP contribution in [0.25, 0.3) is 11.6 Å². The summed E-state index contributed by atoms with van der Waals surface area (Å²) in [6.07, 6.45) is 4.09. The summed E-state index contributed by atoms with van der Waals surface area (Å²) in [5.74, 6) is 0.721. The molecule has 1 aliphatic heterocycles. The molecule has 2 aromatic rings. The molecule has 3 heteroatoms. The van der Waals surface area contributed by atoms with E-state index >= 15 is 0 Å². The number of benzene rings is 2. The first-order valence-corrected chi connectivity index (χ1v) is 8.11. The molecule has 0 aliphatic carbocycles. The van der Waals surface area contributed by atoms with Gasteiger partial charge in [0.2, 0.25) is 0 Å². The lowest BCUT2D eigenvalue weighted by Crippen LogP contribution is -2.04. The van der Waals surface area contributed by atoms with Gasteiger partial charge in [-0.2, -0.15) is 0 Å². The van der Waals surface area contributed by atoms with E-state index in [0.717, 1.165) is 35.4 Å². The van der Waals surface area contributed by atoms with Crippen molar-refractivity contribution >= 4 is 23.2 Å². The van der Waals surface area contributed by atoms with Gasteiger partial charge in [0.15, 0.2) is 0 Å². The molecule has 0 unspecified atom stereocenters. The van der Waals surface area contributed by atoms with Crippen molar-refractivity contribution in [3.8, 4) is 5.75 Å². The van der Waals surface area contributed by atoms with Gasteiger partial charge in [0.05, 0.1) is 12.3 Å². The summed E-state index contributed by atoms with van der Waals surface area (Å²) in [6.45, 7) is 4.72. The Morgan fingerprint density at radius 1 is 1.13 bits per heavy atom. The van der Waals surface area contributed by atoms with Crippen LogP contribution in [0.15, 0.2) is 42.5 Å². The Kier molecular flexibility index (Phi) is 4.47. The molecule has 1 N–H and O–H groups in total. The van der Waals surface area contributed by atoms with Crippen molar-refractivity contribution in [3.63, 3.8) is 0 Å². The number of anilines is 1. The quantitative estimate of drug-likeness (QED) is 0.824. The number of rotatable bonds is 5. The monoisotopic (exact) mass is 307 g/mol. The van der Waals surface area contributed by atoms with E-state index in [9.17, 15) is 4.79 Å². The summed E-state index contributed by atoms with van der Waals surface area (Å²) in [6, 6.07) is 14.0. The molecular formula is C20H21NO2. The summed E-state index contributed by atoms with van der Waals surface area (Å²) in [4.78, 5) is 12.4. The summed E-state index contributed by atoms with van der Waals surface area (Å²) < 4.78 is 5.50. The van der Waals surface area contributed by atoms with Crippen molar-refractivity contribution in [2.75, 3.05) is 11.9 Å². The van der Waals surface area contributed by atoms with Crippen molar-refractivity contribution in [1.82, 2.24) is 0 Å². The third-order valence-corrected chi connectivity index (χ3v) is 3.96. The highest BCUT2D eigenvalue weighted by molar-refractivity contribution is 6.35. The van der Waals surface area contributed by atoms with Crippen LogP contribution in [0, 0.1) is 0 Å². The molecule has 0 spiro atoms. The lowest BCUT2D eigenvalue weighted by molar-refractivity contribution is -0.110. The average Bonchev–Trinajstić information content (AvgIpc) is 2.85. The second kappa shape index (κ2) is 6.69. The molecule has 3 rings (SSSR count).